The van der Waals surface area contributed by atoms with Gasteiger partial charge in [0, 0.05) is 19.1 Å². The zero-order valence-corrected chi connectivity index (χ0v) is 8.76. The van der Waals surface area contributed by atoms with E-state index in [2.05, 4.69) is 11.2 Å². The highest BCUT2D eigenvalue weighted by atomic mass is 32.2. The summed E-state index contributed by atoms with van der Waals surface area (Å²) in [4.78, 5) is 0. The van der Waals surface area contributed by atoms with Crippen LogP contribution in [0.5, 0.6) is 0 Å². The summed E-state index contributed by atoms with van der Waals surface area (Å²) >= 11 is 0. The standard InChI is InChI=1S/C9H14N2O2S/c1-2-9-6-10-8-4-3-5-14(12,13)11(9)7-8/h1,8-10H,3-7H2/t8-,9+/m1/s1. The van der Waals surface area contributed by atoms with Crippen molar-refractivity contribution in [2.45, 2.75) is 24.9 Å². The van der Waals surface area contributed by atoms with Gasteiger partial charge in [-0.05, 0) is 12.8 Å². The molecule has 3 atom stereocenters. The first-order valence-electron chi connectivity index (χ1n) is 4.82. The lowest BCUT2D eigenvalue weighted by atomic mass is 10.1. The lowest BCUT2D eigenvalue weighted by Crippen LogP contribution is -2.56. The lowest BCUT2D eigenvalue weighted by Gasteiger charge is -2.34. The average molecular weight is 214 g/mol. The van der Waals surface area contributed by atoms with Crippen LogP contribution in [0.3, 0.4) is 0 Å². The van der Waals surface area contributed by atoms with E-state index in [4.69, 9.17) is 6.42 Å². The number of nitrogens with one attached hydrogen (secondary N) is 1. The van der Waals surface area contributed by atoms with Gasteiger partial charge in [0.25, 0.3) is 0 Å². The van der Waals surface area contributed by atoms with Gasteiger partial charge in [-0.2, -0.15) is 4.31 Å². The van der Waals surface area contributed by atoms with Gasteiger partial charge in [0.2, 0.25) is 10.0 Å². The Morgan fingerprint density at radius 2 is 2.29 bits per heavy atom. The summed E-state index contributed by atoms with van der Waals surface area (Å²) in [6, 6.07) is -0.00813. The number of sulfonamides is 1. The predicted molar refractivity (Wildman–Crippen MR) is 54.1 cm³/mol. The van der Waals surface area contributed by atoms with Crippen molar-refractivity contribution in [2.24, 2.45) is 0 Å². The molecule has 2 saturated heterocycles. The molecule has 4 nitrogen and oxygen atoms in total. The highest BCUT2D eigenvalue weighted by Gasteiger charge is 2.37. The van der Waals surface area contributed by atoms with Crippen LogP contribution < -0.4 is 5.32 Å². The van der Waals surface area contributed by atoms with Gasteiger partial charge in [-0.3, -0.25) is 0 Å². The molecule has 0 aromatic heterocycles. The Labute approximate surface area is 84.7 Å². The molecular weight excluding hydrogens is 200 g/mol. The van der Waals surface area contributed by atoms with Gasteiger partial charge in [0.1, 0.15) is 0 Å². The zero-order chi connectivity index (χ0) is 10.2. The Morgan fingerprint density at radius 3 is 3.00 bits per heavy atom. The van der Waals surface area contributed by atoms with E-state index >= 15 is 0 Å². The van der Waals surface area contributed by atoms with Crippen LogP contribution in [0, 0.1) is 12.3 Å². The summed E-state index contributed by atoms with van der Waals surface area (Å²) in [6.45, 7) is 1.12. The lowest BCUT2D eigenvalue weighted by molar-refractivity contribution is 0.262. The maximum Gasteiger partial charge on any atom is 0.215 e. The van der Waals surface area contributed by atoms with Crippen molar-refractivity contribution in [1.29, 1.82) is 0 Å². The summed E-state index contributed by atoms with van der Waals surface area (Å²) < 4.78 is 25.1. The first-order chi connectivity index (χ1) is 6.63. The van der Waals surface area contributed by atoms with Gasteiger partial charge >= 0.3 is 0 Å². The summed E-state index contributed by atoms with van der Waals surface area (Å²) in [5.74, 6) is 2.77. The predicted octanol–water partition coefficient (Wildman–Crippen LogP) is -0.614. The Balaban J connectivity index is 2.30. The van der Waals surface area contributed by atoms with Crippen LogP contribution in [0.2, 0.25) is 0 Å². The third kappa shape index (κ3) is 1.65. The fourth-order valence-electron chi connectivity index (χ4n) is 2.06. The molecule has 0 amide bonds. The second-order valence-electron chi connectivity index (χ2n) is 3.82. The second kappa shape index (κ2) is 3.54. The molecule has 1 N–H and O–H groups in total. The van der Waals surface area contributed by atoms with Crippen molar-refractivity contribution in [1.82, 2.24) is 9.62 Å². The van der Waals surface area contributed by atoms with Crippen LogP contribution >= 0.6 is 0 Å². The molecule has 1 unspecified atom stereocenters. The summed E-state index contributed by atoms with van der Waals surface area (Å²) in [5, 5.41) is 3.28. The van der Waals surface area contributed by atoms with Crippen molar-refractivity contribution in [3.8, 4) is 12.3 Å². The minimum atomic E-state index is -3.10. The zero-order valence-electron chi connectivity index (χ0n) is 7.94. The maximum absolute atomic E-state index is 11.8. The Hall–Kier alpha value is -0.570. The highest BCUT2D eigenvalue weighted by molar-refractivity contribution is 7.89. The molecule has 2 aliphatic rings. The first-order valence-corrected chi connectivity index (χ1v) is 6.43. The number of hydrogen-bond donors (Lipinski definition) is 1. The van der Waals surface area contributed by atoms with E-state index in [0.717, 1.165) is 12.8 Å². The van der Waals surface area contributed by atoms with Crippen LogP contribution in [0.1, 0.15) is 12.8 Å². The van der Waals surface area contributed by atoms with Crippen LogP contribution in [0.4, 0.5) is 0 Å². The van der Waals surface area contributed by atoms with Gasteiger partial charge in [-0.25, -0.2) is 8.42 Å². The van der Waals surface area contributed by atoms with Gasteiger partial charge < -0.3 is 5.32 Å². The third-order valence-corrected chi connectivity index (χ3v) is 4.78. The monoisotopic (exact) mass is 214 g/mol. The molecular formula is C9H14N2O2S. The molecule has 2 heterocycles. The normalized spacial score (nSPS) is 40.9. The Morgan fingerprint density at radius 1 is 1.50 bits per heavy atom. The molecule has 0 spiro atoms. The molecule has 14 heavy (non-hydrogen) atoms. The quantitative estimate of drug-likeness (QED) is 0.547. The third-order valence-electron chi connectivity index (χ3n) is 2.85. The van der Waals surface area contributed by atoms with E-state index in [0.29, 0.717) is 13.1 Å². The van der Waals surface area contributed by atoms with Crippen molar-refractivity contribution < 1.29 is 8.42 Å². The van der Waals surface area contributed by atoms with E-state index in [9.17, 15) is 8.42 Å². The SMILES string of the molecule is C#C[C@H]1CN[C@@H]2CCCS(=O)(=O)N1C2. The van der Waals surface area contributed by atoms with Gasteiger partial charge in [0.05, 0.1) is 11.8 Å². The Bertz CT molecular complexity index is 357. The Kier molecular flexibility index (Phi) is 2.52. The van der Waals surface area contributed by atoms with Gasteiger partial charge in [0.15, 0.2) is 0 Å². The molecule has 5 heteroatoms. The number of terminal acetylenes is 1. The van der Waals surface area contributed by atoms with Crippen LogP contribution in [-0.4, -0.2) is 43.6 Å². The number of hydrogen-bond acceptors (Lipinski definition) is 3. The topological polar surface area (TPSA) is 49.4 Å². The fourth-order valence-corrected chi connectivity index (χ4v) is 3.76. The van der Waals surface area contributed by atoms with Crippen LogP contribution in [0.25, 0.3) is 0 Å². The van der Waals surface area contributed by atoms with Crippen LogP contribution in [-0.2, 0) is 10.0 Å². The van der Waals surface area contributed by atoms with E-state index in [1.165, 1.54) is 4.31 Å². The van der Waals surface area contributed by atoms with Crippen molar-refractivity contribution >= 4 is 10.0 Å². The summed E-state index contributed by atoms with van der Waals surface area (Å²) in [6.07, 6.45) is 6.97. The number of rotatable bonds is 0. The van der Waals surface area contributed by atoms with E-state index in [1.54, 1.807) is 0 Å². The molecule has 0 aliphatic carbocycles. The molecule has 0 aromatic carbocycles. The van der Waals surface area contributed by atoms with Crippen molar-refractivity contribution in [3.63, 3.8) is 0 Å². The number of piperazine rings is 1. The van der Waals surface area contributed by atoms with E-state index in [1.807, 2.05) is 0 Å². The molecule has 78 valence electrons. The minimum Gasteiger partial charge on any atom is -0.310 e. The number of nitrogens with zero attached hydrogens (tertiary/aromatic N) is 1. The largest absolute Gasteiger partial charge is 0.310 e. The molecule has 0 aromatic rings. The smallest absolute Gasteiger partial charge is 0.215 e. The van der Waals surface area contributed by atoms with Crippen molar-refractivity contribution in [2.75, 3.05) is 18.8 Å². The summed E-state index contributed by atoms with van der Waals surface area (Å²) in [5.41, 5.74) is 0. The molecule has 0 saturated carbocycles. The number of fused-ring (bicyclic) bond motifs is 2. The molecule has 2 bridgehead atoms. The molecule has 2 aliphatic heterocycles. The second-order valence-corrected chi connectivity index (χ2v) is 5.86. The molecule has 2 rings (SSSR count). The average Bonchev–Trinajstić information content (AvgIpc) is 2.27. The fraction of sp³-hybridized carbons (Fsp3) is 0.778. The van der Waals surface area contributed by atoms with E-state index in [-0.39, 0.29) is 17.8 Å². The highest BCUT2D eigenvalue weighted by Crippen LogP contribution is 2.20. The van der Waals surface area contributed by atoms with Crippen LogP contribution in [0.15, 0.2) is 0 Å². The summed E-state index contributed by atoms with van der Waals surface area (Å²) in [7, 11) is -3.10. The first kappa shape index (κ1) is 9.97. The molecule has 0 radical (unpaired) electrons. The maximum atomic E-state index is 11.8. The minimum absolute atomic E-state index is 0.239. The van der Waals surface area contributed by atoms with E-state index < -0.39 is 10.0 Å². The van der Waals surface area contributed by atoms with Gasteiger partial charge in [-0.1, -0.05) is 5.92 Å². The van der Waals surface area contributed by atoms with Gasteiger partial charge in [-0.15, -0.1) is 6.42 Å². The molecule has 2 fully saturated rings. The van der Waals surface area contributed by atoms with Crippen molar-refractivity contribution in [3.05, 3.63) is 0 Å².